The number of aliphatic imine (C=N–C) groups is 1. The molecule has 1 aliphatic rings. The molecule has 0 amide bonds. The molecule has 0 aromatic carbocycles. The molecule has 0 spiro atoms. The van der Waals surface area contributed by atoms with Crippen molar-refractivity contribution in [1.82, 2.24) is 4.98 Å². The molecule has 0 saturated heterocycles. The summed E-state index contributed by atoms with van der Waals surface area (Å²) in [6.07, 6.45) is 4.14. The van der Waals surface area contributed by atoms with Crippen LogP contribution in [-0.4, -0.2) is 32.8 Å². The molecule has 2 rings (SSSR count). The van der Waals surface area contributed by atoms with Gasteiger partial charge < -0.3 is 10.2 Å². The molecule has 0 atom stereocenters. The van der Waals surface area contributed by atoms with Crippen LogP contribution in [-0.2, 0) is 26.7 Å². The van der Waals surface area contributed by atoms with Gasteiger partial charge in [0.1, 0.15) is 0 Å². The van der Waals surface area contributed by atoms with Gasteiger partial charge in [-0.2, -0.15) is 0 Å². The van der Waals surface area contributed by atoms with Crippen LogP contribution < -0.4 is 0 Å². The van der Waals surface area contributed by atoms with Crippen LogP contribution in [0.15, 0.2) is 41.7 Å². The van der Waals surface area contributed by atoms with Crippen LogP contribution in [0.3, 0.4) is 0 Å². The van der Waals surface area contributed by atoms with E-state index in [4.69, 9.17) is 0 Å². The second-order valence-electron chi connectivity index (χ2n) is 3.80. The van der Waals surface area contributed by atoms with Crippen LogP contribution in [0.4, 0.5) is 0 Å². The zero-order chi connectivity index (χ0) is 13.2. The van der Waals surface area contributed by atoms with Gasteiger partial charge in [-0.25, -0.2) is 0 Å². The molecule has 0 aliphatic carbocycles. The van der Waals surface area contributed by atoms with Crippen molar-refractivity contribution in [1.29, 1.82) is 0 Å². The van der Waals surface area contributed by atoms with Gasteiger partial charge in [-0.1, -0.05) is 12.1 Å². The Balaban J connectivity index is 0.00000180. The van der Waals surface area contributed by atoms with E-state index in [-0.39, 0.29) is 34.9 Å². The summed E-state index contributed by atoms with van der Waals surface area (Å²) in [5, 5.41) is 18.5. The molecule has 1 aromatic heterocycles. The molecule has 1 radical (unpaired) electrons. The first-order valence-electron chi connectivity index (χ1n) is 5.20. The number of carbonyl (C=O) groups is 2. The van der Waals surface area contributed by atoms with E-state index >= 15 is 0 Å². The molecule has 6 nitrogen and oxygen atoms in total. The van der Waals surface area contributed by atoms with Crippen molar-refractivity contribution in [2.75, 3.05) is 0 Å². The van der Waals surface area contributed by atoms with Crippen molar-refractivity contribution in [2.45, 2.75) is 6.42 Å². The Labute approximate surface area is 119 Å². The summed E-state index contributed by atoms with van der Waals surface area (Å²) >= 11 is 0. The van der Waals surface area contributed by atoms with Gasteiger partial charge in [-0.05, 0) is 18.6 Å². The topological polar surface area (TPSA) is 99.8 Å². The largest absolute Gasteiger partial charge is 0.480 e. The van der Waals surface area contributed by atoms with Crippen LogP contribution in [0.2, 0.25) is 0 Å². The average Bonchev–Trinajstić information content (AvgIpc) is 2.39. The zero-order valence-corrected chi connectivity index (χ0v) is 10.5. The van der Waals surface area contributed by atoms with Gasteiger partial charge in [0.25, 0.3) is 0 Å². The first kappa shape index (κ1) is 15.1. The van der Waals surface area contributed by atoms with E-state index in [1.807, 2.05) is 0 Å². The Morgan fingerprint density at radius 2 is 1.89 bits per heavy atom. The number of aliphatic carboxylic acids is 2. The van der Waals surface area contributed by atoms with E-state index in [1.165, 1.54) is 18.5 Å². The second-order valence-corrected chi connectivity index (χ2v) is 3.80. The normalized spacial score (nSPS) is 16.1. The number of pyridine rings is 1. The Hall–Kier alpha value is -1.98. The number of aromatic nitrogens is 1. The fourth-order valence-electron chi connectivity index (χ4n) is 1.82. The third kappa shape index (κ3) is 2.43. The van der Waals surface area contributed by atoms with Gasteiger partial charge in [0.05, 0.1) is 11.4 Å². The first-order valence-corrected chi connectivity index (χ1v) is 5.20. The average molecular weight is 310 g/mol. The van der Waals surface area contributed by atoms with E-state index in [1.54, 1.807) is 18.2 Å². The molecular formula is C12H10CuN2O4. The van der Waals surface area contributed by atoms with Crippen LogP contribution in [0, 0.1) is 5.41 Å². The maximum atomic E-state index is 11.4. The van der Waals surface area contributed by atoms with Crippen molar-refractivity contribution >= 4 is 17.7 Å². The standard InChI is InChI=1S/C12H10N2O4.Cu/c15-10(16)12(11(17)18)5-3-7-14-9(12)8-4-1-2-6-13-8;/h1-4,6-7H,5H2,(H,15,16)(H,17,18);. The van der Waals surface area contributed by atoms with Gasteiger partial charge in [-0.3, -0.25) is 19.6 Å². The van der Waals surface area contributed by atoms with Crippen molar-refractivity contribution in [3.8, 4) is 0 Å². The third-order valence-corrected chi connectivity index (χ3v) is 2.78. The Morgan fingerprint density at radius 3 is 2.42 bits per heavy atom. The van der Waals surface area contributed by atoms with Crippen LogP contribution >= 0.6 is 0 Å². The van der Waals surface area contributed by atoms with Crippen LogP contribution in [0.5, 0.6) is 0 Å². The number of carboxylic acid groups (broad SMARTS) is 2. The maximum absolute atomic E-state index is 11.4. The molecule has 0 unspecified atom stereocenters. The van der Waals surface area contributed by atoms with Crippen molar-refractivity contribution in [3.05, 3.63) is 42.4 Å². The number of hydrogen-bond donors (Lipinski definition) is 2. The van der Waals surface area contributed by atoms with Gasteiger partial charge in [-0.15, -0.1) is 0 Å². The van der Waals surface area contributed by atoms with E-state index < -0.39 is 17.4 Å². The van der Waals surface area contributed by atoms with Crippen molar-refractivity contribution in [2.24, 2.45) is 10.4 Å². The summed E-state index contributed by atoms with van der Waals surface area (Å²) in [5.41, 5.74) is -1.86. The number of hydrogen-bond acceptors (Lipinski definition) is 4. The smallest absolute Gasteiger partial charge is 0.327 e. The molecule has 1 aliphatic heterocycles. The predicted molar refractivity (Wildman–Crippen MR) is 62.2 cm³/mol. The van der Waals surface area contributed by atoms with Crippen molar-refractivity contribution in [3.63, 3.8) is 0 Å². The van der Waals surface area contributed by atoms with Gasteiger partial charge in [0.15, 0.2) is 0 Å². The van der Waals surface area contributed by atoms with Gasteiger partial charge in [0, 0.05) is 29.5 Å². The fraction of sp³-hybridized carbons (Fsp3) is 0.167. The summed E-state index contributed by atoms with van der Waals surface area (Å²) in [7, 11) is 0. The van der Waals surface area contributed by atoms with Crippen molar-refractivity contribution < 1.29 is 36.9 Å². The number of rotatable bonds is 3. The monoisotopic (exact) mass is 309 g/mol. The maximum Gasteiger partial charge on any atom is 0.327 e. The Morgan fingerprint density at radius 1 is 1.21 bits per heavy atom. The molecular weight excluding hydrogens is 300 g/mol. The molecule has 0 bridgehead atoms. The molecule has 7 heteroatoms. The molecule has 2 N–H and O–H groups in total. The Kier molecular flexibility index (Phi) is 4.58. The van der Waals surface area contributed by atoms with Crippen LogP contribution in [0.25, 0.3) is 0 Å². The minimum atomic E-state index is -2.07. The minimum absolute atomic E-state index is 0. The molecule has 2 heterocycles. The van der Waals surface area contributed by atoms with Gasteiger partial charge >= 0.3 is 11.9 Å². The van der Waals surface area contributed by atoms with E-state index in [9.17, 15) is 19.8 Å². The predicted octanol–water partition coefficient (Wildman–Crippen LogP) is 0.941. The number of allylic oxidation sites excluding steroid dienone is 1. The number of nitrogens with zero attached hydrogens (tertiary/aromatic N) is 2. The summed E-state index contributed by atoms with van der Waals surface area (Å²) in [4.78, 5) is 30.6. The third-order valence-electron chi connectivity index (χ3n) is 2.78. The summed E-state index contributed by atoms with van der Waals surface area (Å²) in [6.45, 7) is 0. The summed E-state index contributed by atoms with van der Waals surface area (Å²) in [5.74, 6) is -2.88. The molecule has 0 fully saturated rings. The molecule has 103 valence electrons. The zero-order valence-electron chi connectivity index (χ0n) is 9.58. The van der Waals surface area contributed by atoms with E-state index in [0.29, 0.717) is 0 Å². The molecule has 1 aromatic rings. The quantitative estimate of drug-likeness (QED) is 0.639. The van der Waals surface area contributed by atoms with Gasteiger partial charge in [0.2, 0.25) is 5.41 Å². The fourth-order valence-corrected chi connectivity index (χ4v) is 1.82. The van der Waals surface area contributed by atoms with Crippen LogP contribution in [0.1, 0.15) is 12.1 Å². The molecule has 0 saturated carbocycles. The second kappa shape index (κ2) is 5.77. The molecule has 19 heavy (non-hydrogen) atoms. The Bertz CT molecular complexity index is 540. The van der Waals surface area contributed by atoms with E-state index in [2.05, 4.69) is 9.98 Å². The summed E-state index contributed by atoms with van der Waals surface area (Å²) < 4.78 is 0. The minimum Gasteiger partial charge on any atom is -0.480 e. The number of carboxylic acids is 2. The summed E-state index contributed by atoms with van der Waals surface area (Å²) in [6, 6.07) is 4.85. The first-order chi connectivity index (χ1) is 8.59. The SMILES string of the molecule is O=C(O)C1(C(=O)O)CC=CN=C1c1ccccn1.[Cu]. The van der Waals surface area contributed by atoms with E-state index in [0.717, 1.165) is 0 Å².